The van der Waals surface area contributed by atoms with Crippen LogP contribution < -0.4 is 10.1 Å². The molecule has 0 radical (unpaired) electrons. The highest BCUT2D eigenvalue weighted by Crippen LogP contribution is 2.18. The second-order valence-corrected chi connectivity index (χ2v) is 6.52. The zero-order valence-corrected chi connectivity index (χ0v) is 13.2. The molecule has 0 N–H and O–H groups in total. The van der Waals surface area contributed by atoms with Crippen molar-refractivity contribution in [1.82, 2.24) is 9.38 Å². The minimum Gasteiger partial charge on any atom is -0.267 e. The summed E-state index contributed by atoms with van der Waals surface area (Å²) in [5.41, 5.74) is 2.69. The summed E-state index contributed by atoms with van der Waals surface area (Å²) in [6.07, 6.45) is 1.90. The monoisotopic (exact) mass is 356 g/mol. The molecule has 0 spiro atoms. The summed E-state index contributed by atoms with van der Waals surface area (Å²) in [6, 6.07) is 15.5. The van der Waals surface area contributed by atoms with Gasteiger partial charge < -0.3 is 0 Å². The Kier molecular flexibility index (Phi) is 2.90. The second kappa shape index (κ2) is 4.79. The van der Waals surface area contributed by atoms with E-state index in [0.717, 1.165) is 26.0 Å². The first-order chi connectivity index (χ1) is 10.2. The quantitative estimate of drug-likeness (QED) is 0.524. The molecule has 2 aromatic carbocycles. The van der Waals surface area contributed by atoms with Crippen LogP contribution in [0.2, 0.25) is 0 Å². The molecule has 21 heavy (non-hydrogen) atoms. The van der Waals surface area contributed by atoms with Crippen LogP contribution in [0.3, 0.4) is 0 Å². The van der Waals surface area contributed by atoms with Crippen molar-refractivity contribution in [3.05, 3.63) is 73.5 Å². The number of benzene rings is 2. The number of para-hydroxylation sites is 2. The van der Waals surface area contributed by atoms with Gasteiger partial charge in [0, 0.05) is 4.47 Å². The summed E-state index contributed by atoms with van der Waals surface area (Å²) in [5.74, 6) is 0. The fraction of sp³-hybridized carbons (Fsp3) is 0. The lowest BCUT2D eigenvalue weighted by atomic mass is 10.2. The molecule has 0 bridgehead atoms. The van der Waals surface area contributed by atoms with E-state index in [-0.39, 0.29) is 5.56 Å². The molecule has 2 aromatic heterocycles. The molecule has 0 fully saturated rings. The van der Waals surface area contributed by atoms with E-state index in [4.69, 9.17) is 0 Å². The molecule has 5 heteroatoms. The Labute approximate surface area is 132 Å². The topological polar surface area (TPSA) is 34.4 Å². The van der Waals surface area contributed by atoms with Gasteiger partial charge in [-0.15, -0.1) is 0 Å². The van der Waals surface area contributed by atoms with Gasteiger partial charge in [-0.2, -0.15) is 0 Å². The van der Waals surface area contributed by atoms with E-state index < -0.39 is 0 Å². The van der Waals surface area contributed by atoms with Crippen molar-refractivity contribution in [2.45, 2.75) is 0 Å². The van der Waals surface area contributed by atoms with Crippen LogP contribution in [-0.4, -0.2) is 9.38 Å². The van der Waals surface area contributed by atoms with E-state index in [0.29, 0.717) is 4.53 Å². The van der Waals surface area contributed by atoms with Crippen LogP contribution in [0.5, 0.6) is 0 Å². The number of imidazole rings is 1. The van der Waals surface area contributed by atoms with Gasteiger partial charge in [0.05, 0.1) is 15.6 Å². The zero-order valence-electron chi connectivity index (χ0n) is 10.8. The van der Waals surface area contributed by atoms with Crippen LogP contribution in [0.25, 0.3) is 22.1 Å². The van der Waals surface area contributed by atoms with E-state index in [2.05, 4.69) is 20.9 Å². The summed E-state index contributed by atoms with van der Waals surface area (Å²) < 4.78 is 3.35. The summed E-state index contributed by atoms with van der Waals surface area (Å²) in [5, 5.41) is 0. The molecule has 0 atom stereocenters. The zero-order chi connectivity index (χ0) is 14.4. The third-order valence-electron chi connectivity index (χ3n) is 3.34. The molecule has 102 valence electrons. The SMILES string of the molecule is O=c1/c(=C/c2ccccc2Br)sc2nc3ccccc3n12. The van der Waals surface area contributed by atoms with Crippen LogP contribution in [0.1, 0.15) is 5.56 Å². The number of hydrogen-bond donors (Lipinski definition) is 0. The molecule has 0 aliphatic rings. The number of aromatic nitrogens is 2. The van der Waals surface area contributed by atoms with Gasteiger partial charge in [0.2, 0.25) is 0 Å². The molecule has 0 saturated carbocycles. The smallest absolute Gasteiger partial charge is 0.267 e. The fourth-order valence-corrected chi connectivity index (χ4v) is 3.72. The van der Waals surface area contributed by atoms with Gasteiger partial charge in [0.15, 0.2) is 4.96 Å². The summed E-state index contributed by atoms with van der Waals surface area (Å²) >= 11 is 4.92. The van der Waals surface area contributed by atoms with Gasteiger partial charge in [0.25, 0.3) is 5.56 Å². The second-order valence-electron chi connectivity index (χ2n) is 4.66. The lowest BCUT2D eigenvalue weighted by molar-refractivity contribution is 1.19. The van der Waals surface area contributed by atoms with Crippen molar-refractivity contribution in [2.75, 3.05) is 0 Å². The third kappa shape index (κ3) is 2.01. The van der Waals surface area contributed by atoms with E-state index >= 15 is 0 Å². The lowest BCUT2D eigenvalue weighted by Crippen LogP contribution is -2.22. The molecule has 4 rings (SSSR count). The molecule has 0 saturated heterocycles. The highest BCUT2D eigenvalue weighted by Gasteiger charge is 2.10. The van der Waals surface area contributed by atoms with E-state index in [1.165, 1.54) is 11.3 Å². The Balaban J connectivity index is 2.06. The van der Waals surface area contributed by atoms with Crippen molar-refractivity contribution >= 4 is 49.3 Å². The van der Waals surface area contributed by atoms with Crippen molar-refractivity contribution in [3.8, 4) is 0 Å². The maximum Gasteiger partial charge on any atom is 0.274 e. The maximum atomic E-state index is 12.6. The Hall–Kier alpha value is -1.98. The minimum absolute atomic E-state index is 0.0144. The summed E-state index contributed by atoms with van der Waals surface area (Å²) in [4.78, 5) is 17.9. The molecule has 0 aliphatic carbocycles. The molecule has 2 heterocycles. The van der Waals surface area contributed by atoms with Crippen LogP contribution in [0.15, 0.2) is 57.8 Å². The number of halogens is 1. The molecule has 3 nitrogen and oxygen atoms in total. The highest BCUT2D eigenvalue weighted by molar-refractivity contribution is 9.10. The summed E-state index contributed by atoms with van der Waals surface area (Å²) in [6.45, 7) is 0. The van der Waals surface area contributed by atoms with Crippen LogP contribution in [0, 0.1) is 0 Å². The predicted octanol–water partition coefficient (Wildman–Crippen LogP) is 3.22. The van der Waals surface area contributed by atoms with Gasteiger partial charge in [-0.1, -0.05) is 57.6 Å². The molecule has 0 unspecified atom stereocenters. The number of fused-ring (bicyclic) bond motifs is 3. The van der Waals surface area contributed by atoms with Crippen LogP contribution in [-0.2, 0) is 0 Å². The molecule has 0 amide bonds. The third-order valence-corrected chi connectivity index (χ3v) is 5.03. The largest absolute Gasteiger partial charge is 0.274 e. The first kappa shape index (κ1) is 12.7. The number of nitrogens with zero attached hydrogens (tertiary/aromatic N) is 2. The molecular weight excluding hydrogens is 348 g/mol. The number of hydrogen-bond acceptors (Lipinski definition) is 3. The average molecular weight is 357 g/mol. The highest BCUT2D eigenvalue weighted by atomic mass is 79.9. The van der Waals surface area contributed by atoms with Crippen LogP contribution >= 0.6 is 27.3 Å². The van der Waals surface area contributed by atoms with Gasteiger partial charge >= 0.3 is 0 Å². The van der Waals surface area contributed by atoms with E-state index in [1.807, 2.05) is 54.6 Å². The van der Waals surface area contributed by atoms with Gasteiger partial charge in [-0.05, 0) is 29.8 Å². The Morgan fingerprint density at radius 1 is 1.10 bits per heavy atom. The average Bonchev–Trinajstić information content (AvgIpc) is 2.99. The number of thiazole rings is 1. The predicted molar refractivity (Wildman–Crippen MR) is 89.8 cm³/mol. The fourth-order valence-electron chi connectivity index (χ4n) is 2.35. The van der Waals surface area contributed by atoms with Crippen molar-refractivity contribution in [1.29, 1.82) is 0 Å². The van der Waals surface area contributed by atoms with E-state index in [9.17, 15) is 4.79 Å². The van der Waals surface area contributed by atoms with Gasteiger partial charge in [-0.25, -0.2) is 9.38 Å². The standard InChI is InChI=1S/C16H9BrN2OS/c17-11-6-2-1-5-10(11)9-14-15(20)19-13-8-4-3-7-12(13)18-16(19)21-14/h1-9H/b14-9-. The van der Waals surface area contributed by atoms with E-state index in [1.54, 1.807) is 4.40 Å². The maximum absolute atomic E-state index is 12.6. The lowest BCUT2D eigenvalue weighted by Gasteiger charge is -1.94. The van der Waals surface area contributed by atoms with Crippen molar-refractivity contribution in [3.63, 3.8) is 0 Å². The molecule has 0 aliphatic heterocycles. The van der Waals surface area contributed by atoms with Gasteiger partial charge in [-0.3, -0.25) is 4.79 Å². The summed E-state index contributed by atoms with van der Waals surface area (Å²) in [7, 11) is 0. The Bertz CT molecular complexity index is 1080. The normalized spacial score (nSPS) is 12.5. The first-order valence-electron chi connectivity index (χ1n) is 6.40. The van der Waals surface area contributed by atoms with Crippen LogP contribution in [0.4, 0.5) is 0 Å². The Morgan fingerprint density at radius 3 is 2.71 bits per heavy atom. The molecule has 4 aromatic rings. The Morgan fingerprint density at radius 2 is 1.86 bits per heavy atom. The number of rotatable bonds is 1. The van der Waals surface area contributed by atoms with Crippen molar-refractivity contribution < 1.29 is 0 Å². The van der Waals surface area contributed by atoms with Crippen molar-refractivity contribution in [2.24, 2.45) is 0 Å². The minimum atomic E-state index is -0.0144. The first-order valence-corrected chi connectivity index (χ1v) is 8.01. The molecular formula is C16H9BrN2OS. The van der Waals surface area contributed by atoms with Gasteiger partial charge in [0.1, 0.15) is 0 Å².